The van der Waals surface area contributed by atoms with E-state index in [1.807, 2.05) is 51.1 Å². The van der Waals surface area contributed by atoms with Crippen LogP contribution in [0, 0.1) is 0 Å². The van der Waals surface area contributed by atoms with Crippen LogP contribution in [0.5, 0.6) is 5.75 Å². The number of aromatic hydroxyl groups is 1. The number of piperazine rings is 1. The maximum absolute atomic E-state index is 12.6. The Balaban J connectivity index is 1.39. The van der Waals surface area contributed by atoms with Gasteiger partial charge in [0, 0.05) is 37.8 Å². The van der Waals surface area contributed by atoms with Crippen molar-refractivity contribution >= 4 is 63.2 Å². The standard InChI is InChI=1S/C31H31Cl2N5O4/c1-18(39)23-17-34-26-7-5-19(20-14-24(32)29(40)25(33)15-20)13-22(26)28(23)36-21-6-8-27(35-16-21)37-9-11-38(12-10-37)30(41)42-31(2,3)4/h5-8,13-17,40H,9-12H2,1-4H3,(H,34,36). The second kappa shape index (κ2) is 11.7. The summed E-state index contributed by atoms with van der Waals surface area (Å²) < 4.78 is 5.49. The molecule has 0 radical (unpaired) electrons. The summed E-state index contributed by atoms with van der Waals surface area (Å²) in [4.78, 5) is 38.0. The minimum atomic E-state index is -0.532. The maximum atomic E-state index is 12.6. The Morgan fingerprint density at radius 3 is 2.21 bits per heavy atom. The Morgan fingerprint density at radius 2 is 1.62 bits per heavy atom. The van der Waals surface area contributed by atoms with Crippen LogP contribution < -0.4 is 10.2 Å². The number of nitrogens with zero attached hydrogens (tertiary/aromatic N) is 4. The molecule has 0 saturated carbocycles. The van der Waals surface area contributed by atoms with Gasteiger partial charge in [-0.3, -0.25) is 9.78 Å². The van der Waals surface area contributed by atoms with Crippen LogP contribution >= 0.6 is 23.2 Å². The fourth-order valence-electron chi connectivity index (χ4n) is 4.74. The van der Waals surface area contributed by atoms with Crippen LogP contribution in [-0.2, 0) is 4.74 Å². The van der Waals surface area contributed by atoms with Crippen molar-refractivity contribution in [2.75, 3.05) is 36.4 Å². The summed E-state index contributed by atoms with van der Waals surface area (Å²) in [5.74, 6) is 0.478. The van der Waals surface area contributed by atoms with Gasteiger partial charge in [0.15, 0.2) is 11.5 Å². The quantitative estimate of drug-likeness (QED) is 0.227. The first-order valence-corrected chi connectivity index (χ1v) is 14.2. The molecule has 1 saturated heterocycles. The first-order valence-electron chi connectivity index (χ1n) is 13.5. The molecule has 0 aliphatic carbocycles. The average molecular weight is 609 g/mol. The minimum absolute atomic E-state index is 0.138. The van der Waals surface area contributed by atoms with Gasteiger partial charge in [-0.25, -0.2) is 9.78 Å². The molecule has 2 aromatic heterocycles. The van der Waals surface area contributed by atoms with E-state index in [1.54, 1.807) is 29.4 Å². The molecule has 0 bridgehead atoms. The number of rotatable bonds is 5. The predicted octanol–water partition coefficient (Wildman–Crippen LogP) is 7.31. The molecule has 9 nitrogen and oxygen atoms in total. The monoisotopic (exact) mass is 607 g/mol. The van der Waals surface area contributed by atoms with Crippen LogP contribution in [-0.4, -0.2) is 63.6 Å². The van der Waals surface area contributed by atoms with Crippen LogP contribution in [0.25, 0.3) is 22.0 Å². The smallest absolute Gasteiger partial charge is 0.410 e. The summed E-state index contributed by atoms with van der Waals surface area (Å²) in [5, 5.41) is 14.4. The highest BCUT2D eigenvalue weighted by Crippen LogP contribution is 2.38. The highest BCUT2D eigenvalue weighted by Gasteiger charge is 2.26. The largest absolute Gasteiger partial charge is 0.505 e. The van der Waals surface area contributed by atoms with E-state index in [2.05, 4.69) is 20.2 Å². The summed E-state index contributed by atoms with van der Waals surface area (Å²) in [5.41, 5.74) is 3.39. The number of hydrogen-bond acceptors (Lipinski definition) is 8. The number of phenols is 1. The number of nitrogens with one attached hydrogen (secondary N) is 1. The normalized spacial score (nSPS) is 13.8. The lowest BCUT2D eigenvalue weighted by atomic mass is 10.00. The van der Waals surface area contributed by atoms with Crippen LogP contribution in [0.4, 0.5) is 22.0 Å². The molecule has 2 N–H and O–H groups in total. The third kappa shape index (κ3) is 6.37. The molecule has 1 amide bonds. The second-order valence-corrected chi connectivity index (χ2v) is 11.9. The van der Waals surface area contributed by atoms with E-state index < -0.39 is 5.60 Å². The van der Waals surface area contributed by atoms with Gasteiger partial charge in [-0.1, -0.05) is 29.3 Å². The molecule has 2 aromatic carbocycles. The van der Waals surface area contributed by atoms with Gasteiger partial charge in [0.2, 0.25) is 0 Å². The van der Waals surface area contributed by atoms with E-state index in [1.165, 1.54) is 6.92 Å². The number of hydrogen-bond donors (Lipinski definition) is 2. The van der Waals surface area contributed by atoms with Gasteiger partial charge in [0.1, 0.15) is 11.4 Å². The topological polar surface area (TPSA) is 108 Å². The summed E-state index contributed by atoms with van der Waals surface area (Å²) in [6, 6.07) is 12.7. The first kappa shape index (κ1) is 29.4. The molecular formula is C31H31Cl2N5O4. The Hall–Kier alpha value is -4.08. The Morgan fingerprint density at radius 1 is 0.929 bits per heavy atom. The zero-order valence-corrected chi connectivity index (χ0v) is 25.3. The molecule has 0 spiro atoms. The number of Topliss-reactive ketones (excluding diaryl/α,β-unsaturated/α-hetero) is 1. The Bertz CT molecular complexity index is 1640. The fraction of sp³-hybridized carbons (Fsp3) is 0.290. The molecular weight excluding hydrogens is 577 g/mol. The van der Waals surface area contributed by atoms with Crippen LogP contribution in [0.15, 0.2) is 54.9 Å². The van der Waals surface area contributed by atoms with E-state index in [0.717, 1.165) is 16.8 Å². The maximum Gasteiger partial charge on any atom is 0.410 e. The molecule has 3 heterocycles. The lowest BCUT2D eigenvalue weighted by Gasteiger charge is -2.36. The number of fused-ring (bicyclic) bond motifs is 1. The summed E-state index contributed by atoms with van der Waals surface area (Å²) in [6.45, 7) is 9.42. The van der Waals surface area contributed by atoms with E-state index >= 15 is 0 Å². The molecule has 1 fully saturated rings. The number of carbonyl (C=O) groups is 2. The third-order valence-corrected chi connectivity index (χ3v) is 7.45. The van der Waals surface area contributed by atoms with Crippen molar-refractivity contribution in [3.05, 3.63) is 70.5 Å². The van der Waals surface area contributed by atoms with Gasteiger partial charge >= 0.3 is 6.09 Å². The molecule has 5 rings (SSSR count). The number of ketones is 1. The van der Waals surface area contributed by atoms with Crippen LogP contribution in [0.3, 0.4) is 0 Å². The molecule has 11 heteroatoms. The molecule has 42 heavy (non-hydrogen) atoms. The molecule has 1 aliphatic rings. The van der Waals surface area contributed by atoms with Gasteiger partial charge in [-0.15, -0.1) is 0 Å². The first-order chi connectivity index (χ1) is 19.9. The summed E-state index contributed by atoms with van der Waals surface area (Å²) >= 11 is 12.3. The van der Waals surface area contributed by atoms with Gasteiger partial charge in [0.25, 0.3) is 0 Å². The van der Waals surface area contributed by atoms with Gasteiger partial charge in [-0.05, 0) is 75.2 Å². The zero-order chi connectivity index (χ0) is 30.2. The van der Waals surface area contributed by atoms with E-state index in [4.69, 9.17) is 27.9 Å². The van der Waals surface area contributed by atoms with Crippen molar-refractivity contribution in [3.8, 4) is 16.9 Å². The number of halogens is 2. The number of aromatic nitrogens is 2. The van der Waals surface area contributed by atoms with Gasteiger partial charge in [-0.2, -0.15) is 0 Å². The van der Waals surface area contributed by atoms with Crippen molar-refractivity contribution in [1.29, 1.82) is 0 Å². The highest BCUT2D eigenvalue weighted by molar-refractivity contribution is 6.37. The number of benzene rings is 2. The number of carbonyl (C=O) groups excluding carboxylic acids is 2. The zero-order valence-electron chi connectivity index (χ0n) is 23.7. The van der Waals surface area contributed by atoms with Gasteiger partial charge in [0.05, 0.1) is 38.7 Å². The number of ether oxygens (including phenoxy) is 1. The Kier molecular flexibility index (Phi) is 8.17. The lowest BCUT2D eigenvalue weighted by molar-refractivity contribution is 0.0240. The van der Waals surface area contributed by atoms with E-state index in [0.29, 0.717) is 54.2 Å². The lowest BCUT2D eigenvalue weighted by Crippen LogP contribution is -2.50. The molecule has 218 valence electrons. The van der Waals surface area contributed by atoms with Crippen molar-refractivity contribution in [3.63, 3.8) is 0 Å². The van der Waals surface area contributed by atoms with Crippen LogP contribution in [0.2, 0.25) is 10.0 Å². The third-order valence-electron chi connectivity index (χ3n) is 6.87. The van der Waals surface area contributed by atoms with Gasteiger partial charge < -0.3 is 25.0 Å². The number of amides is 1. The average Bonchev–Trinajstić information content (AvgIpc) is 2.95. The predicted molar refractivity (Wildman–Crippen MR) is 166 cm³/mol. The van der Waals surface area contributed by atoms with Crippen molar-refractivity contribution in [2.45, 2.75) is 33.3 Å². The molecule has 4 aromatic rings. The van der Waals surface area contributed by atoms with E-state index in [-0.39, 0.29) is 27.7 Å². The summed E-state index contributed by atoms with van der Waals surface area (Å²) in [7, 11) is 0. The van der Waals surface area contributed by atoms with Crippen LogP contribution in [0.1, 0.15) is 38.1 Å². The number of anilines is 3. The molecule has 1 aliphatic heterocycles. The second-order valence-electron chi connectivity index (χ2n) is 11.1. The highest BCUT2D eigenvalue weighted by atomic mass is 35.5. The number of pyridine rings is 2. The van der Waals surface area contributed by atoms with E-state index in [9.17, 15) is 14.7 Å². The van der Waals surface area contributed by atoms with Crippen molar-refractivity contribution in [1.82, 2.24) is 14.9 Å². The SMILES string of the molecule is CC(=O)c1cnc2ccc(-c3cc(Cl)c(O)c(Cl)c3)cc2c1Nc1ccc(N2CCN(C(=O)OC(C)(C)C)CC2)nc1. The molecule has 0 atom stereocenters. The molecule has 0 unspecified atom stereocenters. The fourth-order valence-corrected chi connectivity index (χ4v) is 5.23. The van der Waals surface area contributed by atoms with Crippen molar-refractivity contribution in [2.24, 2.45) is 0 Å². The van der Waals surface area contributed by atoms with Crippen molar-refractivity contribution < 1.29 is 19.4 Å². The summed E-state index contributed by atoms with van der Waals surface area (Å²) in [6.07, 6.45) is 2.97. The Labute approximate surface area is 254 Å². The minimum Gasteiger partial charge on any atom is -0.505 e. The number of phenolic OH excluding ortho intramolecular Hbond substituents is 1.